The maximum atomic E-state index is 12.4. The van der Waals surface area contributed by atoms with E-state index in [0.29, 0.717) is 16.8 Å². The largest absolute Gasteiger partial charge is 0.397 e. The summed E-state index contributed by atoms with van der Waals surface area (Å²) in [7, 11) is 0. The van der Waals surface area contributed by atoms with E-state index in [2.05, 4.69) is 10.2 Å². The molecule has 1 aromatic heterocycles. The van der Waals surface area contributed by atoms with Crippen molar-refractivity contribution in [1.29, 1.82) is 0 Å². The molecule has 3 fully saturated rings. The van der Waals surface area contributed by atoms with Gasteiger partial charge in [0, 0.05) is 24.7 Å². The van der Waals surface area contributed by atoms with Gasteiger partial charge in [-0.2, -0.15) is 0 Å². The minimum atomic E-state index is 0.0152. The Kier molecular flexibility index (Phi) is 3.30. The van der Waals surface area contributed by atoms with Crippen LogP contribution in [0, 0.1) is 0 Å². The molecule has 1 aromatic rings. The second-order valence-corrected chi connectivity index (χ2v) is 7.18. The molecule has 1 aliphatic heterocycles. The Morgan fingerprint density at radius 1 is 1.24 bits per heavy atom. The van der Waals surface area contributed by atoms with Crippen molar-refractivity contribution in [2.24, 2.45) is 0 Å². The number of ether oxygens (including phenoxy) is 1. The molecule has 2 aliphatic carbocycles. The van der Waals surface area contributed by atoms with Crippen LogP contribution in [0.2, 0.25) is 0 Å². The average Bonchev–Trinajstić information content (AvgIpc) is 3.40. The van der Waals surface area contributed by atoms with Crippen molar-refractivity contribution in [2.45, 2.75) is 37.6 Å². The molecular formula is C15H21N3O2S. The molecule has 3 N–H and O–H groups in total. The zero-order valence-electron chi connectivity index (χ0n) is 12.1. The topological polar surface area (TPSA) is 67.6 Å². The number of carbonyl (C=O) groups excluding carboxylic acids is 1. The molecule has 21 heavy (non-hydrogen) atoms. The summed E-state index contributed by atoms with van der Waals surface area (Å²) in [5.41, 5.74) is 8.29. The van der Waals surface area contributed by atoms with E-state index in [1.54, 1.807) is 11.3 Å². The lowest BCUT2D eigenvalue weighted by Crippen LogP contribution is -2.36. The fourth-order valence-electron chi connectivity index (χ4n) is 2.86. The van der Waals surface area contributed by atoms with Crippen molar-refractivity contribution in [1.82, 2.24) is 5.32 Å². The second kappa shape index (κ2) is 5.18. The summed E-state index contributed by atoms with van der Waals surface area (Å²) in [4.78, 5) is 15.4. The van der Waals surface area contributed by atoms with Crippen molar-refractivity contribution in [3.8, 4) is 0 Å². The molecule has 1 saturated heterocycles. The predicted octanol–water partition coefficient (Wildman–Crippen LogP) is 1.94. The highest BCUT2D eigenvalue weighted by atomic mass is 32.1. The van der Waals surface area contributed by atoms with Gasteiger partial charge in [-0.05, 0) is 31.6 Å². The molecule has 3 aliphatic rings. The quantitative estimate of drug-likeness (QED) is 0.892. The summed E-state index contributed by atoms with van der Waals surface area (Å²) in [6, 6.07) is 0.371. The highest BCUT2D eigenvalue weighted by Crippen LogP contribution is 2.52. The van der Waals surface area contributed by atoms with E-state index < -0.39 is 0 Å². The zero-order chi connectivity index (χ0) is 14.4. The Balaban J connectivity index is 1.65. The Morgan fingerprint density at radius 3 is 2.57 bits per heavy atom. The first-order chi connectivity index (χ1) is 10.2. The van der Waals surface area contributed by atoms with Gasteiger partial charge in [-0.25, -0.2) is 0 Å². The van der Waals surface area contributed by atoms with Gasteiger partial charge in [-0.1, -0.05) is 0 Å². The molecule has 5 nitrogen and oxygen atoms in total. The van der Waals surface area contributed by atoms with Crippen LogP contribution in [0.4, 0.5) is 10.7 Å². The number of morpholine rings is 1. The van der Waals surface area contributed by atoms with Gasteiger partial charge in [0.25, 0.3) is 5.91 Å². The lowest BCUT2D eigenvalue weighted by atomic mass is 10.1. The van der Waals surface area contributed by atoms with Crippen LogP contribution in [0.1, 0.15) is 46.8 Å². The van der Waals surface area contributed by atoms with Gasteiger partial charge in [0.05, 0.1) is 23.9 Å². The molecule has 6 heteroatoms. The van der Waals surface area contributed by atoms with Crippen molar-refractivity contribution < 1.29 is 9.53 Å². The fraction of sp³-hybridized carbons (Fsp3) is 0.667. The minimum Gasteiger partial charge on any atom is -0.397 e. The molecule has 2 saturated carbocycles. The Morgan fingerprint density at radius 2 is 1.95 bits per heavy atom. The van der Waals surface area contributed by atoms with Crippen molar-refractivity contribution in [3.05, 3.63) is 10.4 Å². The molecule has 0 aromatic carbocycles. The van der Waals surface area contributed by atoms with Gasteiger partial charge in [0.1, 0.15) is 4.88 Å². The van der Waals surface area contributed by atoms with Crippen LogP contribution in [0.5, 0.6) is 0 Å². The third-order valence-corrected chi connectivity index (χ3v) is 5.65. The van der Waals surface area contributed by atoms with E-state index in [1.807, 2.05) is 0 Å². The third kappa shape index (κ3) is 2.62. The van der Waals surface area contributed by atoms with Gasteiger partial charge in [-0.3, -0.25) is 4.79 Å². The van der Waals surface area contributed by atoms with Crippen molar-refractivity contribution in [3.63, 3.8) is 0 Å². The number of thiophene rings is 1. The Hall–Kier alpha value is -1.27. The summed E-state index contributed by atoms with van der Waals surface area (Å²) < 4.78 is 5.43. The number of nitrogen functional groups attached to an aromatic ring is 1. The number of amides is 1. The third-order valence-electron chi connectivity index (χ3n) is 4.37. The van der Waals surface area contributed by atoms with Gasteiger partial charge in [0.15, 0.2) is 0 Å². The van der Waals surface area contributed by atoms with Crippen LogP contribution in [-0.4, -0.2) is 38.3 Å². The van der Waals surface area contributed by atoms with Gasteiger partial charge >= 0.3 is 0 Å². The lowest BCUT2D eigenvalue weighted by Gasteiger charge is -2.28. The first-order valence-electron chi connectivity index (χ1n) is 7.79. The summed E-state index contributed by atoms with van der Waals surface area (Å²) in [6.07, 6.45) is 4.59. The number of nitrogens with zero attached hydrogens (tertiary/aromatic N) is 1. The second-order valence-electron chi connectivity index (χ2n) is 6.19. The number of carbonyl (C=O) groups is 1. The average molecular weight is 307 g/mol. The highest BCUT2D eigenvalue weighted by Gasteiger charge is 2.35. The predicted molar refractivity (Wildman–Crippen MR) is 84.2 cm³/mol. The number of hydrogen-bond acceptors (Lipinski definition) is 5. The monoisotopic (exact) mass is 307 g/mol. The molecule has 0 bridgehead atoms. The zero-order valence-corrected chi connectivity index (χ0v) is 12.9. The van der Waals surface area contributed by atoms with Crippen LogP contribution >= 0.6 is 11.3 Å². The van der Waals surface area contributed by atoms with Gasteiger partial charge in [0.2, 0.25) is 0 Å². The molecule has 1 amide bonds. The van der Waals surface area contributed by atoms with E-state index in [0.717, 1.165) is 44.8 Å². The van der Waals surface area contributed by atoms with Crippen LogP contribution in [0.25, 0.3) is 0 Å². The summed E-state index contributed by atoms with van der Waals surface area (Å²) in [6.45, 7) is 3.30. The summed E-state index contributed by atoms with van der Waals surface area (Å²) in [5, 5.41) is 4.27. The van der Waals surface area contributed by atoms with E-state index in [4.69, 9.17) is 10.5 Å². The molecular weight excluding hydrogens is 286 g/mol. The number of nitrogens with one attached hydrogen (secondary N) is 1. The molecule has 0 atom stereocenters. The normalized spacial score (nSPS) is 22.4. The lowest BCUT2D eigenvalue weighted by molar-refractivity contribution is 0.0956. The molecule has 0 unspecified atom stereocenters. The maximum Gasteiger partial charge on any atom is 0.263 e. The van der Waals surface area contributed by atoms with Crippen LogP contribution < -0.4 is 16.0 Å². The van der Waals surface area contributed by atoms with Gasteiger partial charge < -0.3 is 20.7 Å². The van der Waals surface area contributed by atoms with Crippen molar-refractivity contribution in [2.75, 3.05) is 36.9 Å². The standard InChI is InChI=1S/C15H21N3O2S/c16-12-11(9-1-2-9)15(18-5-7-20-8-6-18)21-13(12)14(19)17-10-3-4-10/h9-10H,1-8,16H2,(H,17,19). The molecule has 114 valence electrons. The number of nitrogens with two attached hydrogens (primary N) is 1. The van der Waals surface area contributed by atoms with Gasteiger partial charge in [-0.15, -0.1) is 11.3 Å². The molecule has 2 heterocycles. The minimum absolute atomic E-state index is 0.0152. The van der Waals surface area contributed by atoms with E-state index in [-0.39, 0.29) is 5.91 Å². The van der Waals surface area contributed by atoms with E-state index in [1.165, 1.54) is 23.4 Å². The van der Waals surface area contributed by atoms with E-state index >= 15 is 0 Å². The van der Waals surface area contributed by atoms with E-state index in [9.17, 15) is 4.79 Å². The van der Waals surface area contributed by atoms with Crippen LogP contribution in [0.15, 0.2) is 0 Å². The molecule has 4 rings (SSSR count). The van der Waals surface area contributed by atoms with Crippen LogP contribution in [-0.2, 0) is 4.74 Å². The summed E-state index contributed by atoms with van der Waals surface area (Å²) >= 11 is 1.57. The highest BCUT2D eigenvalue weighted by molar-refractivity contribution is 7.18. The first-order valence-corrected chi connectivity index (χ1v) is 8.61. The number of anilines is 2. The smallest absolute Gasteiger partial charge is 0.263 e. The molecule has 0 spiro atoms. The molecule has 0 radical (unpaired) electrons. The fourth-order valence-corrected chi connectivity index (χ4v) is 4.12. The number of rotatable bonds is 4. The first kappa shape index (κ1) is 13.4. The number of hydrogen-bond donors (Lipinski definition) is 2. The SMILES string of the molecule is Nc1c(C(=O)NC2CC2)sc(N2CCOCC2)c1C1CC1. The Bertz CT molecular complexity index is 558. The summed E-state index contributed by atoms with van der Waals surface area (Å²) in [5.74, 6) is 0.572. The van der Waals surface area contributed by atoms with Crippen LogP contribution in [0.3, 0.4) is 0 Å². The van der Waals surface area contributed by atoms with Crippen molar-refractivity contribution >= 4 is 27.9 Å². The maximum absolute atomic E-state index is 12.4. The Labute approximate surface area is 128 Å².